The van der Waals surface area contributed by atoms with E-state index in [4.69, 9.17) is 0 Å². The molecule has 3 amide bonds. The van der Waals surface area contributed by atoms with Gasteiger partial charge in [-0.1, -0.05) is 25.0 Å². The fourth-order valence-electron chi connectivity index (χ4n) is 4.10. The van der Waals surface area contributed by atoms with E-state index in [9.17, 15) is 14.0 Å². The van der Waals surface area contributed by atoms with Gasteiger partial charge in [0.15, 0.2) is 0 Å². The Labute approximate surface area is 157 Å². The molecule has 0 spiro atoms. The maximum absolute atomic E-state index is 13.7. The Morgan fingerprint density at radius 3 is 2.48 bits per heavy atom. The second-order valence-electron chi connectivity index (χ2n) is 7.18. The number of halogens is 1. The van der Waals surface area contributed by atoms with Gasteiger partial charge in [0, 0.05) is 24.5 Å². The zero-order valence-electron chi connectivity index (χ0n) is 15.0. The van der Waals surface area contributed by atoms with E-state index in [0.29, 0.717) is 31.6 Å². The van der Waals surface area contributed by atoms with E-state index in [2.05, 4.69) is 10.6 Å². The molecule has 27 heavy (non-hydrogen) atoms. The summed E-state index contributed by atoms with van der Waals surface area (Å²) in [5, 5.41) is 5.76. The number of carbonyl (C=O) groups is 2. The molecule has 1 heterocycles. The summed E-state index contributed by atoms with van der Waals surface area (Å²) >= 11 is 0. The van der Waals surface area contributed by atoms with Crippen LogP contribution >= 0.6 is 0 Å². The van der Waals surface area contributed by atoms with Gasteiger partial charge in [-0.3, -0.25) is 9.69 Å². The van der Waals surface area contributed by atoms with Crippen LogP contribution in [-0.2, 0) is 10.2 Å². The smallest absolute Gasteiger partial charge is 0.321 e. The SMILES string of the molecule is O=C1NCCN1c1ccc(NC(=O)C2(c3cccc(F)c3)CCCC2)cc1. The third kappa shape index (κ3) is 3.27. The number of anilines is 2. The zero-order chi connectivity index (χ0) is 18.9. The van der Waals surface area contributed by atoms with E-state index >= 15 is 0 Å². The second kappa shape index (κ2) is 7.02. The van der Waals surface area contributed by atoms with Crippen molar-refractivity contribution in [3.8, 4) is 0 Å². The van der Waals surface area contributed by atoms with E-state index in [0.717, 1.165) is 24.1 Å². The minimum absolute atomic E-state index is 0.0998. The van der Waals surface area contributed by atoms with Crippen molar-refractivity contribution in [1.82, 2.24) is 5.32 Å². The van der Waals surface area contributed by atoms with Crippen LogP contribution in [0.5, 0.6) is 0 Å². The predicted octanol–water partition coefficient (Wildman–Crippen LogP) is 3.81. The average Bonchev–Trinajstić information content (AvgIpc) is 3.32. The summed E-state index contributed by atoms with van der Waals surface area (Å²) in [7, 11) is 0. The Morgan fingerprint density at radius 2 is 1.85 bits per heavy atom. The van der Waals surface area contributed by atoms with Crippen LogP contribution < -0.4 is 15.5 Å². The Hall–Kier alpha value is -2.89. The van der Waals surface area contributed by atoms with Crippen molar-refractivity contribution < 1.29 is 14.0 Å². The first-order chi connectivity index (χ1) is 13.1. The minimum atomic E-state index is -0.685. The molecule has 0 unspecified atom stereocenters. The quantitative estimate of drug-likeness (QED) is 0.863. The number of rotatable bonds is 4. The molecular formula is C21H22FN3O2. The van der Waals surface area contributed by atoms with Gasteiger partial charge in [0.25, 0.3) is 0 Å². The molecule has 2 aliphatic rings. The summed E-state index contributed by atoms with van der Waals surface area (Å²) in [4.78, 5) is 26.5. The molecular weight excluding hydrogens is 345 g/mol. The molecule has 0 atom stereocenters. The topological polar surface area (TPSA) is 61.4 Å². The van der Waals surface area contributed by atoms with Crippen LogP contribution in [0.1, 0.15) is 31.2 Å². The van der Waals surface area contributed by atoms with Crippen LogP contribution in [0.25, 0.3) is 0 Å². The van der Waals surface area contributed by atoms with Crippen molar-refractivity contribution in [3.63, 3.8) is 0 Å². The maximum atomic E-state index is 13.7. The number of amides is 3. The molecule has 1 saturated carbocycles. The molecule has 2 aromatic carbocycles. The number of urea groups is 1. The molecule has 0 bridgehead atoms. The molecule has 4 rings (SSSR count). The average molecular weight is 367 g/mol. The molecule has 1 aliphatic heterocycles. The molecule has 6 heteroatoms. The van der Waals surface area contributed by atoms with Gasteiger partial charge in [-0.05, 0) is 54.8 Å². The molecule has 2 N–H and O–H groups in total. The van der Waals surface area contributed by atoms with Crippen molar-refractivity contribution in [2.75, 3.05) is 23.3 Å². The highest BCUT2D eigenvalue weighted by atomic mass is 19.1. The first kappa shape index (κ1) is 17.5. The van der Waals surface area contributed by atoms with Gasteiger partial charge in [-0.2, -0.15) is 0 Å². The van der Waals surface area contributed by atoms with E-state index in [1.54, 1.807) is 23.1 Å². The van der Waals surface area contributed by atoms with Gasteiger partial charge in [0.1, 0.15) is 5.82 Å². The van der Waals surface area contributed by atoms with Crippen molar-refractivity contribution in [2.24, 2.45) is 0 Å². The largest absolute Gasteiger partial charge is 0.336 e. The van der Waals surface area contributed by atoms with Gasteiger partial charge in [0.2, 0.25) is 5.91 Å². The minimum Gasteiger partial charge on any atom is -0.336 e. The zero-order valence-corrected chi connectivity index (χ0v) is 15.0. The van der Waals surface area contributed by atoms with Crippen molar-refractivity contribution in [2.45, 2.75) is 31.1 Å². The van der Waals surface area contributed by atoms with Crippen molar-refractivity contribution >= 4 is 23.3 Å². The summed E-state index contributed by atoms with van der Waals surface area (Å²) in [5.74, 6) is -0.419. The molecule has 1 saturated heterocycles. The second-order valence-corrected chi connectivity index (χ2v) is 7.18. The number of nitrogens with zero attached hydrogens (tertiary/aromatic N) is 1. The number of carbonyl (C=O) groups excluding carboxylic acids is 2. The lowest BCUT2D eigenvalue weighted by Gasteiger charge is -2.28. The normalized spacial score (nSPS) is 18.4. The molecule has 0 radical (unpaired) electrons. The lowest BCUT2D eigenvalue weighted by molar-refractivity contribution is -0.121. The van der Waals surface area contributed by atoms with Gasteiger partial charge >= 0.3 is 6.03 Å². The Bertz CT molecular complexity index is 860. The van der Waals surface area contributed by atoms with Gasteiger partial charge in [-0.15, -0.1) is 0 Å². The summed E-state index contributed by atoms with van der Waals surface area (Å²) in [5.41, 5.74) is 1.52. The number of nitrogens with one attached hydrogen (secondary N) is 2. The van der Waals surface area contributed by atoms with Gasteiger partial charge in [0.05, 0.1) is 5.41 Å². The van der Waals surface area contributed by atoms with Gasteiger partial charge in [-0.25, -0.2) is 9.18 Å². The highest BCUT2D eigenvalue weighted by molar-refractivity contribution is 6.00. The first-order valence-corrected chi connectivity index (χ1v) is 9.31. The van der Waals surface area contributed by atoms with Crippen LogP contribution in [0.3, 0.4) is 0 Å². The Balaban J connectivity index is 1.54. The first-order valence-electron chi connectivity index (χ1n) is 9.31. The van der Waals surface area contributed by atoms with Crippen molar-refractivity contribution in [3.05, 3.63) is 59.9 Å². The number of hydrogen-bond acceptors (Lipinski definition) is 2. The van der Waals surface area contributed by atoms with Crippen LogP contribution in [0, 0.1) is 5.82 Å². The highest BCUT2D eigenvalue weighted by Crippen LogP contribution is 2.42. The monoisotopic (exact) mass is 367 g/mol. The maximum Gasteiger partial charge on any atom is 0.321 e. The standard InChI is InChI=1S/C21H22FN3O2/c22-16-5-3-4-15(14-16)21(10-1-2-11-21)19(26)24-17-6-8-18(9-7-17)25-13-12-23-20(25)27/h3-9,14H,1-2,10-13H2,(H,23,27)(H,24,26). The lowest BCUT2D eigenvalue weighted by atomic mass is 9.78. The van der Waals surface area contributed by atoms with Crippen LogP contribution in [0.2, 0.25) is 0 Å². The molecule has 0 aromatic heterocycles. The number of benzene rings is 2. The third-order valence-electron chi connectivity index (χ3n) is 5.56. The summed E-state index contributed by atoms with van der Waals surface area (Å²) < 4.78 is 13.7. The fourth-order valence-corrected chi connectivity index (χ4v) is 4.10. The summed E-state index contributed by atoms with van der Waals surface area (Å²) in [6.45, 7) is 1.26. The number of hydrogen-bond donors (Lipinski definition) is 2. The van der Waals surface area contributed by atoms with E-state index < -0.39 is 5.41 Å². The highest BCUT2D eigenvalue weighted by Gasteiger charge is 2.42. The van der Waals surface area contributed by atoms with E-state index in [-0.39, 0.29) is 17.8 Å². The van der Waals surface area contributed by atoms with Gasteiger partial charge < -0.3 is 10.6 Å². The molecule has 1 aliphatic carbocycles. The predicted molar refractivity (Wildman–Crippen MR) is 102 cm³/mol. The molecule has 2 fully saturated rings. The van der Waals surface area contributed by atoms with Crippen molar-refractivity contribution in [1.29, 1.82) is 0 Å². The van der Waals surface area contributed by atoms with Crippen LogP contribution in [-0.4, -0.2) is 25.0 Å². The molecule has 140 valence electrons. The van der Waals surface area contributed by atoms with E-state index in [1.165, 1.54) is 12.1 Å². The fraction of sp³-hybridized carbons (Fsp3) is 0.333. The lowest BCUT2D eigenvalue weighted by Crippen LogP contribution is -2.38. The Kier molecular flexibility index (Phi) is 4.56. The van der Waals surface area contributed by atoms with Crippen LogP contribution in [0.4, 0.5) is 20.6 Å². The third-order valence-corrected chi connectivity index (χ3v) is 5.56. The van der Waals surface area contributed by atoms with E-state index in [1.807, 2.05) is 18.2 Å². The molecule has 2 aromatic rings. The molecule has 5 nitrogen and oxygen atoms in total. The summed E-state index contributed by atoms with van der Waals surface area (Å²) in [6.07, 6.45) is 3.34. The summed E-state index contributed by atoms with van der Waals surface area (Å²) in [6, 6.07) is 13.5. The van der Waals surface area contributed by atoms with Crippen LogP contribution in [0.15, 0.2) is 48.5 Å². The Morgan fingerprint density at radius 1 is 1.11 bits per heavy atom.